The van der Waals surface area contributed by atoms with Gasteiger partial charge >= 0.3 is 0 Å². The van der Waals surface area contributed by atoms with Crippen molar-refractivity contribution in [2.24, 2.45) is 4.99 Å². The molecule has 1 aliphatic heterocycles. The molecular weight excluding hydrogens is 357 g/mol. The van der Waals surface area contributed by atoms with Gasteiger partial charge in [0.15, 0.2) is 5.78 Å². The predicted octanol–water partition coefficient (Wildman–Crippen LogP) is 5.42. The number of halogens is 2. The molecule has 0 saturated heterocycles. The molecule has 0 saturated carbocycles. The Kier molecular flexibility index (Phi) is 5.14. The number of aliphatic imine (C=N–C) groups is 1. The Morgan fingerprint density at radius 3 is 2.59 bits per heavy atom. The monoisotopic (exact) mass is 367 g/mol. The number of rotatable bonds is 3. The van der Waals surface area contributed by atoms with Crippen molar-refractivity contribution in [3.8, 4) is 0 Å². The van der Waals surface area contributed by atoms with E-state index in [2.05, 4.69) is 4.99 Å². The first kappa shape index (κ1) is 15.9. The second-order valence-electron chi connectivity index (χ2n) is 4.58. The lowest BCUT2D eigenvalue weighted by Crippen LogP contribution is -2.02. The van der Waals surface area contributed by atoms with Crippen LogP contribution in [0.15, 0.2) is 52.4 Å². The van der Waals surface area contributed by atoms with Gasteiger partial charge < -0.3 is 0 Å². The first-order valence-electron chi connectivity index (χ1n) is 6.58. The minimum absolute atomic E-state index is 0.128. The lowest BCUT2D eigenvalue weighted by Gasteiger charge is -2.06. The minimum atomic E-state index is -0.128. The van der Waals surface area contributed by atoms with Gasteiger partial charge in [0, 0.05) is 26.8 Å². The Bertz CT molecular complexity index is 744. The van der Waals surface area contributed by atoms with Gasteiger partial charge in [0.25, 0.3) is 0 Å². The van der Waals surface area contributed by atoms with Crippen molar-refractivity contribution in [3.63, 3.8) is 0 Å². The number of benzene rings is 2. The van der Waals surface area contributed by atoms with Gasteiger partial charge in [-0.05, 0) is 42.5 Å². The third-order valence-electron chi connectivity index (χ3n) is 3.05. The van der Waals surface area contributed by atoms with Crippen LogP contribution >= 0.6 is 46.7 Å². The van der Waals surface area contributed by atoms with Gasteiger partial charge in [-0.25, -0.2) is 0 Å². The summed E-state index contributed by atoms with van der Waals surface area (Å²) in [4.78, 5) is 18.0. The van der Waals surface area contributed by atoms with Crippen LogP contribution in [0.4, 0.5) is 0 Å². The predicted molar refractivity (Wildman–Crippen MR) is 97.0 cm³/mol. The highest BCUT2D eigenvalue weighted by Gasteiger charge is 2.14. The normalized spacial score (nSPS) is 14.0. The Hall–Kier alpha value is -0.940. The third-order valence-corrected chi connectivity index (χ3v) is 5.80. The van der Waals surface area contributed by atoms with Crippen LogP contribution in [0.3, 0.4) is 0 Å². The Morgan fingerprint density at radius 2 is 1.91 bits per heavy atom. The van der Waals surface area contributed by atoms with Crippen LogP contribution in [0.5, 0.6) is 0 Å². The summed E-state index contributed by atoms with van der Waals surface area (Å²) in [7, 11) is 0. The van der Waals surface area contributed by atoms with Crippen molar-refractivity contribution in [1.29, 1.82) is 0 Å². The number of carbonyl (C=O) groups is 1. The molecule has 0 unspecified atom stereocenters. The van der Waals surface area contributed by atoms with E-state index in [1.807, 2.05) is 24.3 Å². The summed E-state index contributed by atoms with van der Waals surface area (Å²) in [5, 5.41) is 0.903. The Morgan fingerprint density at radius 1 is 1.14 bits per heavy atom. The van der Waals surface area contributed by atoms with Crippen molar-refractivity contribution in [1.82, 2.24) is 0 Å². The van der Waals surface area contributed by atoms with E-state index >= 15 is 0 Å². The smallest absolute Gasteiger partial charge is 0.194 e. The molecular formula is C16H11Cl2NOS2. The molecule has 0 spiro atoms. The molecule has 6 heteroatoms. The van der Waals surface area contributed by atoms with Gasteiger partial charge in [0.2, 0.25) is 0 Å². The van der Waals surface area contributed by atoms with E-state index in [1.165, 1.54) is 0 Å². The van der Waals surface area contributed by atoms with E-state index in [9.17, 15) is 4.79 Å². The van der Waals surface area contributed by atoms with E-state index < -0.39 is 0 Å². The number of ketones is 1. The van der Waals surface area contributed by atoms with Crippen molar-refractivity contribution >= 4 is 56.9 Å². The average molecular weight is 368 g/mol. The average Bonchev–Trinajstić information content (AvgIpc) is 3.03. The summed E-state index contributed by atoms with van der Waals surface area (Å²) in [5.74, 6) is 0.920. The van der Waals surface area contributed by atoms with Gasteiger partial charge in [-0.1, -0.05) is 46.7 Å². The van der Waals surface area contributed by atoms with Gasteiger partial charge in [0.1, 0.15) is 4.38 Å². The molecule has 0 fully saturated rings. The van der Waals surface area contributed by atoms with Gasteiger partial charge in [0.05, 0.1) is 11.6 Å². The Balaban J connectivity index is 1.80. The highest BCUT2D eigenvalue weighted by atomic mass is 35.5. The topological polar surface area (TPSA) is 29.4 Å². The zero-order chi connectivity index (χ0) is 15.5. The van der Waals surface area contributed by atoms with Crippen LogP contribution in [-0.4, -0.2) is 22.5 Å². The maximum absolute atomic E-state index is 12.5. The van der Waals surface area contributed by atoms with Crippen molar-refractivity contribution in [3.05, 3.63) is 63.6 Å². The van der Waals surface area contributed by atoms with Crippen molar-refractivity contribution < 1.29 is 4.79 Å². The van der Waals surface area contributed by atoms with Crippen molar-refractivity contribution in [2.45, 2.75) is 4.90 Å². The number of carbonyl (C=O) groups excluding carboxylic acids is 1. The zero-order valence-electron chi connectivity index (χ0n) is 11.4. The summed E-state index contributed by atoms with van der Waals surface area (Å²) >= 11 is 15.4. The van der Waals surface area contributed by atoms with Crippen molar-refractivity contribution in [2.75, 3.05) is 12.3 Å². The molecule has 2 nitrogen and oxygen atoms in total. The van der Waals surface area contributed by atoms with E-state index in [1.54, 1.807) is 41.7 Å². The van der Waals surface area contributed by atoms with Crippen LogP contribution in [0, 0.1) is 0 Å². The van der Waals surface area contributed by atoms with E-state index in [-0.39, 0.29) is 5.78 Å². The molecule has 0 radical (unpaired) electrons. The minimum Gasteiger partial charge on any atom is -0.289 e. The number of hydrogen-bond acceptors (Lipinski definition) is 4. The maximum atomic E-state index is 12.5. The number of nitrogens with zero attached hydrogens (tertiary/aromatic N) is 1. The lowest BCUT2D eigenvalue weighted by molar-refractivity contribution is 0.103. The third kappa shape index (κ3) is 3.69. The molecule has 0 aliphatic carbocycles. The summed E-state index contributed by atoms with van der Waals surface area (Å²) in [5.41, 5.74) is 1.01. The molecule has 22 heavy (non-hydrogen) atoms. The molecule has 0 atom stereocenters. The standard InChI is InChI=1S/C16H11Cl2NOS2/c17-11-3-6-14(18)13(9-11)15(20)10-1-4-12(5-2-10)22-16-19-7-8-21-16/h1-6,9H,7-8H2. The molecule has 0 amide bonds. The fourth-order valence-electron chi connectivity index (χ4n) is 1.98. The van der Waals surface area contributed by atoms with Crippen LogP contribution < -0.4 is 0 Å². The first-order valence-corrected chi connectivity index (χ1v) is 9.14. The first-order chi connectivity index (χ1) is 10.6. The fourth-order valence-corrected chi connectivity index (χ4v) is 4.30. The molecule has 0 N–H and O–H groups in total. The second-order valence-corrected chi connectivity index (χ2v) is 7.82. The largest absolute Gasteiger partial charge is 0.289 e. The molecule has 3 rings (SSSR count). The number of thioether (sulfide) groups is 2. The lowest BCUT2D eigenvalue weighted by atomic mass is 10.0. The van der Waals surface area contributed by atoms with E-state index in [4.69, 9.17) is 23.2 Å². The molecule has 112 valence electrons. The molecule has 0 aromatic heterocycles. The zero-order valence-corrected chi connectivity index (χ0v) is 14.5. The van der Waals surface area contributed by atoms with Gasteiger partial charge in [-0.2, -0.15) is 0 Å². The summed E-state index contributed by atoms with van der Waals surface area (Å²) in [6, 6.07) is 12.4. The highest BCUT2D eigenvalue weighted by molar-refractivity contribution is 8.39. The molecule has 2 aromatic rings. The van der Waals surface area contributed by atoms with E-state index in [0.717, 1.165) is 21.6 Å². The SMILES string of the molecule is O=C(c1ccc(SC2=NCCS2)cc1)c1cc(Cl)ccc1Cl. The Labute approximate surface area is 147 Å². The van der Waals surface area contributed by atoms with Gasteiger partial charge in [-0.15, -0.1) is 0 Å². The highest BCUT2D eigenvalue weighted by Crippen LogP contribution is 2.30. The summed E-state index contributed by atoms with van der Waals surface area (Å²) < 4.78 is 1.08. The summed E-state index contributed by atoms with van der Waals surface area (Å²) in [6.07, 6.45) is 0. The van der Waals surface area contributed by atoms with Crippen LogP contribution in [-0.2, 0) is 0 Å². The molecule has 2 aromatic carbocycles. The van der Waals surface area contributed by atoms with Crippen LogP contribution in [0.1, 0.15) is 15.9 Å². The molecule has 1 aliphatic rings. The quantitative estimate of drug-likeness (QED) is 0.678. The maximum Gasteiger partial charge on any atom is 0.194 e. The molecule has 1 heterocycles. The van der Waals surface area contributed by atoms with Crippen LogP contribution in [0.25, 0.3) is 0 Å². The number of hydrogen-bond donors (Lipinski definition) is 0. The molecule has 0 bridgehead atoms. The summed E-state index contributed by atoms with van der Waals surface area (Å²) in [6.45, 7) is 0.886. The van der Waals surface area contributed by atoms with Gasteiger partial charge in [-0.3, -0.25) is 9.79 Å². The van der Waals surface area contributed by atoms with Crippen LogP contribution in [0.2, 0.25) is 10.0 Å². The second kappa shape index (κ2) is 7.09. The fraction of sp³-hybridized carbons (Fsp3) is 0.125. The van der Waals surface area contributed by atoms with E-state index in [0.29, 0.717) is 21.2 Å².